The van der Waals surface area contributed by atoms with Gasteiger partial charge in [-0.25, -0.2) is 0 Å². The maximum absolute atomic E-state index is 13.3. The molecule has 4 aromatic carbocycles. The first-order valence-electron chi connectivity index (χ1n) is 22.1. The van der Waals surface area contributed by atoms with Crippen molar-refractivity contribution in [2.75, 3.05) is 56.2 Å². The molecule has 0 spiro atoms. The zero-order valence-corrected chi connectivity index (χ0v) is 38.5. The van der Waals surface area contributed by atoms with Gasteiger partial charge in [0.1, 0.15) is 15.8 Å². The number of hydrogen-bond acceptors (Lipinski definition) is 13. The number of carboxylic acid groups (broad SMARTS) is 2. The number of benzene rings is 4. The van der Waals surface area contributed by atoms with Crippen LogP contribution in [0.15, 0.2) is 103 Å². The Morgan fingerprint density at radius 3 is 1.56 bits per heavy atom. The number of hydrogen-bond donors (Lipinski definition) is 2. The molecule has 0 atom stereocenters. The molecular weight excluding hydrogens is 877 g/mol. The van der Waals surface area contributed by atoms with Crippen molar-refractivity contribution >= 4 is 56.7 Å². The van der Waals surface area contributed by atoms with Gasteiger partial charge in [-0.05, 0) is 72.7 Å². The molecule has 1 aliphatic carbocycles. The number of amides is 2. The largest absolute Gasteiger partial charge is 0.497 e. The lowest BCUT2D eigenvalue weighted by Crippen LogP contribution is -2.49. The molecule has 4 heterocycles. The van der Waals surface area contributed by atoms with Crippen LogP contribution in [0.1, 0.15) is 64.4 Å². The Morgan fingerprint density at radius 2 is 1.11 bits per heavy atom. The van der Waals surface area contributed by atoms with E-state index < -0.39 is 11.9 Å². The molecule has 2 N–H and O–H groups in total. The molecule has 17 heteroatoms. The number of nitrogens with zero attached hydrogens (tertiary/aromatic N) is 8. The number of methoxy groups -OCH3 is 1. The van der Waals surface area contributed by atoms with E-state index in [4.69, 9.17) is 14.9 Å². The maximum Gasteiger partial charge on any atom is 0.309 e. The number of aliphatic carboxylic acids is 2. The van der Waals surface area contributed by atoms with Gasteiger partial charge >= 0.3 is 11.9 Å². The summed E-state index contributed by atoms with van der Waals surface area (Å²) in [7, 11) is 1.60. The molecule has 1 saturated carbocycles. The zero-order chi connectivity index (χ0) is 46.2. The number of unbranched alkanes of at least 4 members (excludes halogenated alkanes) is 1. The fourth-order valence-electron chi connectivity index (χ4n) is 7.65. The minimum Gasteiger partial charge on any atom is -0.497 e. The van der Waals surface area contributed by atoms with Crippen molar-refractivity contribution in [3.8, 4) is 26.9 Å². The van der Waals surface area contributed by atoms with E-state index in [1.165, 1.54) is 22.7 Å². The number of aromatic nitrogens is 4. The SMILES string of the molecule is CCCCN(C(=O)c1ccccc1)c1nnc(-c2ccc(CN3CC(C(=O)O)C3)cc2)s1.COc1ccc(C(=O)N(CC2CC2)c2nnc(-c3ccc(CN4CC(C(=O)O)C4)cc3)s2)cc1. The van der Waals surface area contributed by atoms with E-state index in [1.54, 1.807) is 41.2 Å². The fraction of sp³-hybridized carbons (Fsp3) is 0.347. The van der Waals surface area contributed by atoms with Crippen LogP contribution < -0.4 is 14.5 Å². The van der Waals surface area contributed by atoms with Gasteiger partial charge < -0.3 is 14.9 Å². The Kier molecular flexibility index (Phi) is 14.9. The van der Waals surface area contributed by atoms with Crippen molar-refractivity contribution < 1.29 is 34.1 Å². The van der Waals surface area contributed by atoms with E-state index in [2.05, 4.69) is 37.1 Å². The van der Waals surface area contributed by atoms with Gasteiger partial charge in [-0.15, -0.1) is 20.4 Å². The van der Waals surface area contributed by atoms with Gasteiger partial charge in [0, 0.05) is 74.6 Å². The Hall–Kier alpha value is -6.40. The lowest BCUT2D eigenvalue weighted by atomic mass is 9.99. The van der Waals surface area contributed by atoms with E-state index in [0.717, 1.165) is 71.0 Å². The first-order valence-corrected chi connectivity index (χ1v) is 23.8. The molecule has 3 aliphatic rings. The lowest BCUT2D eigenvalue weighted by Gasteiger charge is -2.36. The second-order valence-corrected chi connectivity index (χ2v) is 18.8. The quantitative estimate of drug-likeness (QED) is 0.0848. The zero-order valence-electron chi connectivity index (χ0n) is 36.9. The van der Waals surface area contributed by atoms with Crippen molar-refractivity contribution in [1.29, 1.82) is 0 Å². The molecule has 2 amide bonds. The van der Waals surface area contributed by atoms with Crippen LogP contribution in [0, 0.1) is 17.8 Å². The predicted molar refractivity (Wildman–Crippen MR) is 254 cm³/mol. The van der Waals surface area contributed by atoms with E-state index in [-0.39, 0.29) is 23.7 Å². The predicted octanol–water partition coefficient (Wildman–Crippen LogP) is 7.96. The minimum atomic E-state index is -0.722. The first kappa shape index (κ1) is 46.1. The summed E-state index contributed by atoms with van der Waals surface area (Å²) in [5.74, 6) is -0.865. The smallest absolute Gasteiger partial charge is 0.309 e. The summed E-state index contributed by atoms with van der Waals surface area (Å²) in [6.07, 6.45) is 4.13. The van der Waals surface area contributed by atoms with Crippen molar-refractivity contribution in [1.82, 2.24) is 30.2 Å². The second-order valence-electron chi connectivity index (χ2n) is 16.9. The Balaban J connectivity index is 0.000000180. The molecule has 2 aliphatic heterocycles. The number of rotatable bonds is 18. The summed E-state index contributed by atoms with van der Waals surface area (Å²) in [5, 5.41) is 38.1. The molecule has 9 rings (SSSR count). The highest BCUT2D eigenvalue weighted by Crippen LogP contribution is 2.36. The highest BCUT2D eigenvalue weighted by molar-refractivity contribution is 7.19. The van der Waals surface area contributed by atoms with Crippen LogP contribution in [-0.2, 0) is 22.7 Å². The van der Waals surface area contributed by atoms with Crippen LogP contribution in [0.4, 0.5) is 10.3 Å². The Labute approximate surface area is 391 Å². The lowest BCUT2D eigenvalue weighted by molar-refractivity contribution is -0.148. The average Bonchev–Trinajstić information content (AvgIpc) is 3.77. The third-order valence-electron chi connectivity index (χ3n) is 11.8. The standard InChI is InChI=1S/C25H26N4O4S.C24H26N4O3S/c1-33-21-10-8-19(9-11-21)23(30)29(13-17-2-3-17)25-27-26-22(34-25)18-6-4-16(5-7-18)12-28-14-20(15-28)24(31)32;1-2-3-13-28(22(29)19-7-5-4-6-8-19)24-26-25-21(32-24)18-11-9-17(10-12-18)14-27-15-20(16-27)23(30)31/h4-11,17,20H,2-3,12-15H2,1H3,(H,31,32);4-12,20H,2-3,13-16H2,1H3,(H,30,31). The summed E-state index contributed by atoms with van der Waals surface area (Å²) in [6, 6.07) is 32.5. The van der Waals surface area contributed by atoms with Gasteiger partial charge in [-0.2, -0.15) is 0 Å². The molecule has 66 heavy (non-hydrogen) atoms. The van der Waals surface area contributed by atoms with Gasteiger partial charge in [0.2, 0.25) is 10.3 Å². The van der Waals surface area contributed by atoms with Crippen molar-refractivity contribution in [2.45, 2.75) is 45.7 Å². The molecule has 15 nitrogen and oxygen atoms in total. The number of ether oxygens (including phenoxy) is 1. The van der Waals surface area contributed by atoms with Crippen LogP contribution in [0.5, 0.6) is 5.75 Å². The second kappa shape index (κ2) is 21.3. The van der Waals surface area contributed by atoms with Gasteiger partial charge in [0.05, 0.1) is 18.9 Å². The summed E-state index contributed by atoms with van der Waals surface area (Å²) < 4.78 is 5.20. The van der Waals surface area contributed by atoms with Crippen LogP contribution in [0.3, 0.4) is 0 Å². The molecular formula is C49H52N8O7S2. The number of likely N-dealkylation sites (tertiary alicyclic amines) is 2. The number of anilines is 2. The molecule has 0 bridgehead atoms. The van der Waals surface area contributed by atoms with Crippen LogP contribution in [-0.4, -0.2) is 111 Å². The Bertz CT molecular complexity index is 2590. The van der Waals surface area contributed by atoms with Crippen LogP contribution in [0.2, 0.25) is 0 Å². The molecule has 342 valence electrons. The molecule has 0 unspecified atom stereocenters. The molecule has 0 radical (unpaired) electrons. The van der Waals surface area contributed by atoms with Gasteiger partial charge in [-0.3, -0.25) is 38.8 Å². The summed E-state index contributed by atoms with van der Waals surface area (Å²) in [4.78, 5) is 56.0. The topological polar surface area (TPSA) is 182 Å². The number of carbonyl (C=O) groups is 4. The van der Waals surface area contributed by atoms with Gasteiger partial charge in [0.25, 0.3) is 11.8 Å². The monoisotopic (exact) mass is 928 g/mol. The highest BCUT2D eigenvalue weighted by Gasteiger charge is 2.34. The highest BCUT2D eigenvalue weighted by atomic mass is 32.1. The molecule has 6 aromatic rings. The van der Waals surface area contributed by atoms with Crippen molar-refractivity contribution in [3.05, 3.63) is 125 Å². The van der Waals surface area contributed by atoms with Gasteiger partial charge in [-0.1, -0.05) is 103 Å². The average molecular weight is 929 g/mol. The number of carbonyl (C=O) groups excluding carboxylic acids is 2. The van der Waals surface area contributed by atoms with E-state index >= 15 is 0 Å². The fourth-order valence-corrected chi connectivity index (χ4v) is 9.38. The number of carboxylic acids is 2. The van der Waals surface area contributed by atoms with Crippen LogP contribution in [0.25, 0.3) is 21.1 Å². The summed E-state index contributed by atoms with van der Waals surface area (Å²) in [6.45, 7) is 7.20. The minimum absolute atomic E-state index is 0.0636. The van der Waals surface area contributed by atoms with E-state index in [9.17, 15) is 19.2 Å². The van der Waals surface area contributed by atoms with Crippen molar-refractivity contribution in [2.24, 2.45) is 17.8 Å². The first-order chi connectivity index (χ1) is 32.0. The van der Waals surface area contributed by atoms with Crippen LogP contribution >= 0.6 is 22.7 Å². The Morgan fingerprint density at radius 1 is 0.636 bits per heavy atom. The van der Waals surface area contributed by atoms with E-state index in [0.29, 0.717) is 72.3 Å². The molecule has 3 fully saturated rings. The van der Waals surface area contributed by atoms with E-state index in [1.807, 2.05) is 78.9 Å². The molecule has 2 aromatic heterocycles. The molecule has 2 saturated heterocycles. The third-order valence-corrected chi connectivity index (χ3v) is 13.8. The third kappa shape index (κ3) is 11.5. The van der Waals surface area contributed by atoms with Gasteiger partial charge in [0.15, 0.2) is 0 Å². The maximum atomic E-state index is 13.3. The normalized spacial score (nSPS) is 15.2. The van der Waals surface area contributed by atoms with Crippen molar-refractivity contribution in [3.63, 3.8) is 0 Å². The summed E-state index contributed by atoms with van der Waals surface area (Å²) in [5.41, 5.74) is 5.39. The summed E-state index contributed by atoms with van der Waals surface area (Å²) >= 11 is 2.83.